The molecule has 0 unspecified atom stereocenters. The van der Waals surface area contributed by atoms with Gasteiger partial charge < -0.3 is 14.5 Å². The van der Waals surface area contributed by atoms with E-state index in [1.165, 1.54) is 52.8 Å². The number of allylic oxidation sites excluding steroid dienone is 2. The van der Waals surface area contributed by atoms with Crippen LogP contribution in [0.1, 0.15) is 64.2 Å². The van der Waals surface area contributed by atoms with E-state index in [4.69, 9.17) is 14.5 Å². The van der Waals surface area contributed by atoms with Crippen LogP contribution in [0, 0.1) is 6.07 Å². The van der Waals surface area contributed by atoms with Crippen molar-refractivity contribution >= 4 is 38.5 Å². The van der Waals surface area contributed by atoms with Crippen molar-refractivity contribution in [2.45, 2.75) is 52.9 Å². The maximum absolute atomic E-state index is 10.0. The second kappa shape index (κ2) is 9.89. The molecule has 4 nitrogen and oxygen atoms in total. The molecule has 0 saturated carbocycles. The number of ketones is 1. The average molecular weight is 669 g/mol. The van der Waals surface area contributed by atoms with Gasteiger partial charge in [-0.15, -0.1) is 23.3 Å². The number of pyridine rings is 1. The summed E-state index contributed by atoms with van der Waals surface area (Å²) in [6, 6.07) is 20.8. The molecule has 2 heterocycles. The molecule has 0 bridgehead atoms. The Morgan fingerprint density at radius 1 is 1.08 bits per heavy atom. The molecule has 191 valence electrons. The fourth-order valence-electron chi connectivity index (χ4n) is 5.47. The van der Waals surface area contributed by atoms with Crippen LogP contribution in [0.5, 0.6) is 0 Å². The summed E-state index contributed by atoms with van der Waals surface area (Å²) in [6.45, 7) is 11.9. The van der Waals surface area contributed by atoms with Crippen molar-refractivity contribution in [2.75, 3.05) is 0 Å². The molecule has 1 N–H and O–H groups in total. The summed E-state index contributed by atoms with van der Waals surface area (Å²) < 4.78 is 6.44. The molecule has 1 aliphatic carbocycles. The van der Waals surface area contributed by atoms with Gasteiger partial charge in [-0.1, -0.05) is 74.9 Å². The summed E-state index contributed by atoms with van der Waals surface area (Å²) in [5.74, 6) is 0.328. The quantitative estimate of drug-likeness (QED) is 0.117. The van der Waals surface area contributed by atoms with Crippen LogP contribution in [-0.2, 0) is 30.3 Å². The molecule has 1 aliphatic rings. The fraction of sp³-hybridized carbons (Fsp3) is 0.250. The molecule has 0 fully saturated rings. The minimum atomic E-state index is -0.210. The number of aliphatic hydroxyl groups is 1. The minimum absolute atomic E-state index is 0. The zero-order valence-corrected chi connectivity index (χ0v) is 24.3. The van der Waals surface area contributed by atoms with Gasteiger partial charge in [0.2, 0.25) is 0 Å². The molecular formula is C32H30IrNO3-. The number of carbonyl (C=O) groups is 1. The molecule has 0 atom stereocenters. The SMILES string of the molecule is CC(=O)/C=C(/C)O.CC(C)c1ccc2c3c1oc1ccnc(c13)-c1[c-]cc3ccccc3c1C2(C)C.[Ir]. The van der Waals surface area contributed by atoms with Crippen LogP contribution in [-0.4, -0.2) is 15.9 Å². The van der Waals surface area contributed by atoms with Crippen LogP contribution < -0.4 is 0 Å². The smallest absolute Gasteiger partial charge is 0.155 e. The fourth-order valence-corrected chi connectivity index (χ4v) is 5.47. The Hall–Kier alpha value is -3.27. The maximum Gasteiger partial charge on any atom is 0.155 e. The summed E-state index contributed by atoms with van der Waals surface area (Å²) in [5, 5.41) is 13.2. The van der Waals surface area contributed by atoms with Crippen molar-refractivity contribution in [3.63, 3.8) is 0 Å². The third-order valence-corrected chi connectivity index (χ3v) is 6.98. The first-order chi connectivity index (χ1) is 17.1. The average Bonchev–Trinajstić information content (AvgIpc) is 3.17. The molecule has 0 saturated heterocycles. The zero-order valence-electron chi connectivity index (χ0n) is 21.9. The number of furan rings is 1. The molecule has 6 rings (SSSR count). The van der Waals surface area contributed by atoms with E-state index in [0.29, 0.717) is 5.92 Å². The van der Waals surface area contributed by atoms with Gasteiger partial charge in [-0.3, -0.25) is 4.79 Å². The number of fused-ring (bicyclic) bond motifs is 4. The van der Waals surface area contributed by atoms with E-state index in [0.717, 1.165) is 27.8 Å². The largest absolute Gasteiger partial charge is 0.512 e. The Bertz CT molecular complexity index is 1690. The van der Waals surface area contributed by atoms with Gasteiger partial charge in [0.05, 0.1) is 5.76 Å². The van der Waals surface area contributed by atoms with Crippen LogP contribution >= 0.6 is 0 Å². The van der Waals surface area contributed by atoms with Gasteiger partial charge in [-0.05, 0) is 48.1 Å². The van der Waals surface area contributed by atoms with Crippen LogP contribution in [0.4, 0.5) is 0 Å². The van der Waals surface area contributed by atoms with E-state index in [9.17, 15) is 4.79 Å². The van der Waals surface area contributed by atoms with Crippen LogP contribution in [0.2, 0.25) is 0 Å². The molecule has 1 radical (unpaired) electrons. The third kappa shape index (κ3) is 4.41. The van der Waals surface area contributed by atoms with Crippen LogP contribution in [0.3, 0.4) is 0 Å². The number of rotatable bonds is 2. The molecule has 5 heteroatoms. The molecule has 0 amide bonds. The minimum Gasteiger partial charge on any atom is -0.512 e. The van der Waals surface area contributed by atoms with Crippen LogP contribution in [0.25, 0.3) is 44.0 Å². The third-order valence-electron chi connectivity index (χ3n) is 6.98. The van der Waals surface area contributed by atoms with Crippen LogP contribution in [0.15, 0.2) is 71.0 Å². The standard InChI is InChI=1S/C27H22NO.C5H8O2.Ir/c1-15(2)17-11-12-20-22-23-21(29-26(17)22)13-14-28-25(23)19-10-9-16-7-5-6-8-18(16)24(19)27(20,3)4;1-4(6)3-5(2)7;/h5-9,11-15H,1-4H3;3,6H,1-2H3;/q-1;;/b;4-3-;. The molecule has 0 spiro atoms. The summed E-state index contributed by atoms with van der Waals surface area (Å²) in [7, 11) is 0. The second-order valence-corrected chi connectivity index (χ2v) is 10.3. The monoisotopic (exact) mass is 669 g/mol. The molecule has 37 heavy (non-hydrogen) atoms. The number of carbonyl (C=O) groups excluding carboxylic acids is 1. The molecule has 3 aromatic carbocycles. The number of benzene rings is 3. The Labute approximate surface area is 230 Å². The summed E-state index contributed by atoms with van der Waals surface area (Å²) in [5.41, 5.74) is 7.62. The van der Waals surface area contributed by atoms with Crippen molar-refractivity contribution in [3.05, 3.63) is 89.3 Å². The van der Waals surface area contributed by atoms with Gasteiger partial charge in [-0.2, -0.15) is 0 Å². The number of aliphatic hydroxyl groups excluding tert-OH is 1. The first-order valence-corrected chi connectivity index (χ1v) is 12.3. The maximum atomic E-state index is 10.0. The van der Waals surface area contributed by atoms with Crippen molar-refractivity contribution in [2.24, 2.45) is 0 Å². The predicted molar refractivity (Wildman–Crippen MR) is 147 cm³/mol. The van der Waals surface area contributed by atoms with E-state index in [1.54, 1.807) is 0 Å². The Kier molecular flexibility index (Phi) is 7.16. The van der Waals surface area contributed by atoms with E-state index >= 15 is 0 Å². The normalized spacial score (nSPS) is 13.8. The predicted octanol–water partition coefficient (Wildman–Crippen LogP) is 8.40. The first-order valence-electron chi connectivity index (χ1n) is 12.3. The van der Waals surface area contributed by atoms with E-state index in [-0.39, 0.29) is 37.1 Å². The van der Waals surface area contributed by atoms with Crippen molar-refractivity contribution < 1.29 is 34.4 Å². The number of aromatic nitrogens is 1. The van der Waals surface area contributed by atoms with Gasteiger partial charge in [0.15, 0.2) is 5.78 Å². The topological polar surface area (TPSA) is 63.3 Å². The van der Waals surface area contributed by atoms with Crippen molar-refractivity contribution in [1.29, 1.82) is 0 Å². The van der Waals surface area contributed by atoms with Gasteiger partial charge in [0, 0.05) is 43.2 Å². The molecule has 0 aliphatic heterocycles. The Morgan fingerprint density at radius 2 is 1.81 bits per heavy atom. The zero-order chi connectivity index (χ0) is 25.8. The first kappa shape index (κ1) is 26.8. The summed E-state index contributed by atoms with van der Waals surface area (Å²) >= 11 is 0. The Morgan fingerprint density at radius 3 is 2.46 bits per heavy atom. The van der Waals surface area contributed by atoms with Crippen molar-refractivity contribution in [1.82, 2.24) is 4.98 Å². The van der Waals surface area contributed by atoms with Crippen molar-refractivity contribution in [3.8, 4) is 11.3 Å². The van der Waals surface area contributed by atoms with Gasteiger partial charge in [-0.25, -0.2) is 0 Å². The second-order valence-electron chi connectivity index (χ2n) is 10.3. The molecule has 2 aromatic heterocycles. The Balaban J connectivity index is 0.000000356. The van der Waals surface area contributed by atoms with E-state index in [2.05, 4.69) is 76.2 Å². The summed E-state index contributed by atoms with van der Waals surface area (Å²) in [6.07, 6.45) is 3.03. The number of hydrogen-bond acceptors (Lipinski definition) is 4. The van der Waals surface area contributed by atoms with Gasteiger partial charge in [0.1, 0.15) is 11.2 Å². The number of nitrogens with zero attached hydrogens (tertiary/aromatic N) is 1. The van der Waals surface area contributed by atoms with E-state index < -0.39 is 0 Å². The summed E-state index contributed by atoms with van der Waals surface area (Å²) in [4.78, 5) is 14.9. The van der Waals surface area contributed by atoms with E-state index in [1.807, 2.05) is 12.3 Å². The van der Waals surface area contributed by atoms with Gasteiger partial charge >= 0.3 is 0 Å². The molecular weight excluding hydrogens is 639 g/mol. The molecule has 5 aromatic rings. The van der Waals surface area contributed by atoms with Gasteiger partial charge in [0.25, 0.3) is 0 Å². The number of hydrogen-bond donors (Lipinski definition) is 1.